The van der Waals surface area contributed by atoms with Crippen LogP contribution >= 0.6 is 22.7 Å². The van der Waals surface area contributed by atoms with E-state index >= 15 is 0 Å². The highest BCUT2D eigenvalue weighted by atomic mass is 32.2. The Labute approximate surface area is 215 Å². The van der Waals surface area contributed by atoms with Crippen molar-refractivity contribution in [1.82, 2.24) is 15.3 Å². The Morgan fingerprint density at radius 2 is 2.14 bits per heavy atom. The number of carbonyl (C=O) groups excluding carboxylic acids is 1. The quantitative estimate of drug-likeness (QED) is 0.204. The number of unbranched alkanes of at least 4 members (excludes halogenated alkanes) is 1. The van der Waals surface area contributed by atoms with Crippen LogP contribution < -0.4 is 15.8 Å². The van der Waals surface area contributed by atoms with Crippen LogP contribution in [0.3, 0.4) is 0 Å². The molecule has 0 bridgehead atoms. The van der Waals surface area contributed by atoms with Gasteiger partial charge in [-0.25, -0.2) is 9.97 Å². The van der Waals surface area contributed by atoms with E-state index in [0.717, 1.165) is 44.9 Å². The van der Waals surface area contributed by atoms with Gasteiger partial charge in [0, 0.05) is 23.5 Å². The number of thiophene rings is 1. The molecule has 0 fully saturated rings. The predicted molar refractivity (Wildman–Crippen MR) is 145 cm³/mol. The summed E-state index contributed by atoms with van der Waals surface area (Å²) in [5.41, 5.74) is 9.62. The lowest BCUT2D eigenvalue weighted by molar-refractivity contribution is -0.122. The SMILES string of the molecule is C=CCNC(=O)COc1ccc(-c2cc(-c3nccs3)nc3sc([S+]([O-])CCCC)c(N)c23)cc1. The van der Waals surface area contributed by atoms with Crippen molar-refractivity contribution in [3.8, 4) is 27.6 Å². The van der Waals surface area contributed by atoms with Crippen molar-refractivity contribution < 1.29 is 14.1 Å². The zero-order valence-electron chi connectivity index (χ0n) is 19.3. The van der Waals surface area contributed by atoms with E-state index in [0.29, 0.717) is 27.9 Å². The molecule has 0 saturated heterocycles. The lowest BCUT2D eigenvalue weighted by atomic mass is 10.0. The summed E-state index contributed by atoms with van der Waals surface area (Å²) < 4.78 is 19.2. The van der Waals surface area contributed by atoms with E-state index in [1.54, 1.807) is 12.3 Å². The number of nitrogen functional groups attached to an aromatic ring is 1. The van der Waals surface area contributed by atoms with Crippen LogP contribution in [0.2, 0.25) is 0 Å². The molecule has 35 heavy (non-hydrogen) atoms. The third kappa shape index (κ3) is 5.84. The third-order valence-electron chi connectivity index (χ3n) is 5.19. The Kier molecular flexibility index (Phi) is 8.40. The molecule has 10 heteroatoms. The van der Waals surface area contributed by atoms with E-state index in [1.165, 1.54) is 22.7 Å². The highest BCUT2D eigenvalue weighted by molar-refractivity contribution is 7.93. The first-order chi connectivity index (χ1) is 17.0. The van der Waals surface area contributed by atoms with Gasteiger partial charge in [0.25, 0.3) is 5.91 Å². The van der Waals surface area contributed by atoms with Gasteiger partial charge >= 0.3 is 0 Å². The van der Waals surface area contributed by atoms with Gasteiger partial charge < -0.3 is 20.3 Å². The van der Waals surface area contributed by atoms with Gasteiger partial charge in [0.05, 0.1) is 0 Å². The summed E-state index contributed by atoms with van der Waals surface area (Å²) in [5.74, 6) is 0.939. The van der Waals surface area contributed by atoms with Crippen molar-refractivity contribution in [3.63, 3.8) is 0 Å². The summed E-state index contributed by atoms with van der Waals surface area (Å²) in [6.45, 7) is 5.97. The van der Waals surface area contributed by atoms with Crippen LogP contribution in [0.5, 0.6) is 5.75 Å². The zero-order chi connectivity index (χ0) is 24.8. The standard InChI is InChI=1S/C25H26N4O3S3/c1-3-5-13-35(31)25-22(26)21-18(14-19(29-24(21)34-25)23-28-11-12-33-23)16-6-8-17(9-7-16)32-15-20(30)27-10-4-2/h4,6-9,11-12,14H,2-3,5,10,13,15,26H2,1H3,(H,27,30). The highest BCUT2D eigenvalue weighted by Crippen LogP contribution is 2.44. The molecule has 1 unspecified atom stereocenters. The van der Waals surface area contributed by atoms with Crippen molar-refractivity contribution in [2.45, 2.75) is 24.0 Å². The molecule has 4 aromatic rings. The van der Waals surface area contributed by atoms with Gasteiger partial charge in [0.2, 0.25) is 4.21 Å². The molecule has 0 spiro atoms. The first-order valence-corrected chi connectivity index (χ1v) is 14.2. The van der Waals surface area contributed by atoms with E-state index in [2.05, 4.69) is 23.8 Å². The monoisotopic (exact) mass is 526 g/mol. The second-order valence-electron chi connectivity index (χ2n) is 7.68. The number of nitrogens with one attached hydrogen (secondary N) is 1. The fraction of sp³-hybridized carbons (Fsp3) is 0.240. The maximum absolute atomic E-state index is 12.9. The summed E-state index contributed by atoms with van der Waals surface area (Å²) in [6, 6.07) is 9.44. The number of ether oxygens (including phenoxy) is 1. The number of nitrogens with zero attached hydrogens (tertiary/aromatic N) is 2. The number of nitrogens with two attached hydrogens (primary N) is 1. The van der Waals surface area contributed by atoms with Crippen LogP contribution in [-0.2, 0) is 16.0 Å². The smallest absolute Gasteiger partial charge is 0.258 e. The number of rotatable bonds is 11. The normalized spacial score (nSPS) is 11.9. The average molecular weight is 527 g/mol. The highest BCUT2D eigenvalue weighted by Gasteiger charge is 2.25. The van der Waals surface area contributed by atoms with Gasteiger partial charge in [0.15, 0.2) is 6.61 Å². The minimum Gasteiger partial charge on any atom is -0.611 e. The van der Waals surface area contributed by atoms with Crippen LogP contribution in [0.4, 0.5) is 5.69 Å². The van der Waals surface area contributed by atoms with Gasteiger partial charge in [-0.15, -0.1) is 17.9 Å². The van der Waals surface area contributed by atoms with E-state index in [4.69, 9.17) is 15.5 Å². The molecule has 1 atom stereocenters. The summed E-state index contributed by atoms with van der Waals surface area (Å²) >= 11 is 1.73. The Hall–Kier alpha value is -2.92. The van der Waals surface area contributed by atoms with Crippen molar-refractivity contribution in [2.24, 2.45) is 0 Å². The molecule has 3 heterocycles. The summed E-state index contributed by atoms with van der Waals surface area (Å²) in [7, 11) is 0. The molecule has 0 aliphatic rings. The Morgan fingerprint density at radius 1 is 1.34 bits per heavy atom. The van der Waals surface area contributed by atoms with E-state index < -0.39 is 11.2 Å². The number of amides is 1. The minimum absolute atomic E-state index is 0.0781. The number of carbonyl (C=O) groups is 1. The summed E-state index contributed by atoms with van der Waals surface area (Å²) in [5, 5.41) is 6.19. The van der Waals surface area contributed by atoms with E-state index in [-0.39, 0.29) is 12.5 Å². The average Bonchev–Trinajstić information content (AvgIpc) is 3.53. The number of thiazole rings is 1. The van der Waals surface area contributed by atoms with E-state index in [1.807, 2.05) is 35.7 Å². The fourth-order valence-corrected chi connectivity index (χ4v) is 6.84. The fourth-order valence-electron chi connectivity index (χ4n) is 3.44. The number of hydrogen-bond donors (Lipinski definition) is 2. The summed E-state index contributed by atoms with van der Waals surface area (Å²) in [6.07, 6.45) is 5.20. The Bertz CT molecular complexity index is 1300. The molecule has 1 amide bonds. The topological polar surface area (TPSA) is 113 Å². The Morgan fingerprint density at radius 3 is 2.83 bits per heavy atom. The lowest BCUT2D eigenvalue weighted by Crippen LogP contribution is -2.28. The largest absolute Gasteiger partial charge is 0.611 e. The van der Waals surface area contributed by atoms with Gasteiger partial charge in [-0.3, -0.25) is 4.79 Å². The molecule has 4 rings (SSSR count). The molecule has 3 aromatic heterocycles. The van der Waals surface area contributed by atoms with Crippen molar-refractivity contribution in [3.05, 3.63) is 54.6 Å². The van der Waals surface area contributed by atoms with Crippen LogP contribution in [-0.4, -0.2) is 39.3 Å². The van der Waals surface area contributed by atoms with Crippen molar-refractivity contribution in [1.29, 1.82) is 0 Å². The van der Waals surface area contributed by atoms with E-state index in [9.17, 15) is 9.35 Å². The van der Waals surface area contributed by atoms with Crippen molar-refractivity contribution in [2.75, 3.05) is 24.6 Å². The second kappa shape index (κ2) is 11.7. The molecule has 3 N–H and O–H groups in total. The zero-order valence-corrected chi connectivity index (χ0v) is 21.7. The molecule has 0 saturated carbocycles. The molecule has 0 aliphatic carbocycles. The molecule has 0 aliphatic heterocycles. The second-order valence-corrected chi connectivity index (χ2v) is 11.3. The maximum atomic E-state index is 12.9. The number of benzene rings is 1. The lowest BCUT2D eigenvalue weighted by Gasteiger charge is -2.10. The Balaban J connectivity index is 1.70. The molecule has 1 aromatic carbocycles. The number of fused-ring (bicyclic) bond motifs is 1. The van der Waals surface area contributed by atoms with Crippen molar-refractivity contribution >= 4 is 55.7 Å². The van der Waals surface area contributed by atoms with Gasteiger partial charge in [0.1, 0.15) is 32.7 Å². The third-order valence-corrected chi connectivity index (χ3v) is 8.98. The van der Waals surface area contributed by atoms with Crippen LogP contribution in [0, 0.1) is 0 Å². The minimum atomic E-state index is -1.17. The summed E-state index contributed by atoms with van der Waals surface area (Å²) in [4.78, 5) is 21.8. The first kappa shape index (κ1) is 25.2. The first-order valence-electron chi connectivity index (χ1n) is 11.1. The van der Waals surface area contributed by atoms with Gasteiger partial charge in [-0.05, 0) is 46.9 Å². The molecule has 7 nitrogen and oxygen atoms in total. The predicted octanol–water partition coefficient (Wildman–Crippen LogP) is 5.26. The van der Waals surface area contributed by atoms with Crippen LogP contribution in [0.15, 0.2) is 58.8 Å². The van der Waals surface area contributed by atoms with Gasteiger partial charge in [-0.2, -0.15) is 0 Å². The molecule has 182 valence electrons. The molecule has 0 radical (unpaired) electrons. The van der Waals surface area contributed by atoms with Crippen LogP contribution in [0.25, 0.3) is 32.0 Å². The van der Waals surface area contributed by atoms with Crippen LogP contribution in [0.1, 0.15) is 19.8 Å². The number of aromatic nitrogens is 2. The van der Waals surface area contributed by atoms with Gasteiger partial charge in [-0.1, -0.05) is 42.9 Å². The maximum Gasteiger partial charge on any atom is 0.258 e. The molecular formula is C25H26N4O3S3. The number of hydrogen-bond acceptors (Lipinski definition) is 8. The number of pyridine rings is 1. The number of anilines is 1. The molecular weight excluding hydrogens is 501 g/mol.